The van der Waals surface area contributed by atoms with Crippen molar-refractivity contribution in [3.05, 3.63) is 22.2 Å². The van der Waals surface area contributed by atoms with E-state index in [0.29, 0.717) is 0 Å². The molecule has 0 amide bonds. The highest BCUT2D eigenvalue weighted by molar-refractivity contribution is 9.12. The Morgan fingerprint density at radius 1 is 1.21 bits per heavy atom. The lowest BCUT2D eigenvalue weighted by Crippen LogP contribution is -2.71. The molecule has 0 saturated heterocycles. The SMILES string of the molecule is CC(=O)OCC(=O)[C@@]1(O)C(O)C[C@H]2[C@@H]3CC(F)C4=CC(=O)C(Br)=C[C@]4(C)[C@@]3(F)C(O)C[C@@]21C. The van der Waals surface area contributed by atoms with Crippen LogP contribution in [0.15, 0.2) is 22.2 Å². The van der Waals surface area contributed by atoms with Gasteiger partial charge in [-0.25, -0.2) is 8.78 Å². The van der Waals surface area contributed by atoms with Crippen molar-refractivity contribution in [2.75, 3.05) is 6.61 Å². The first-order valence-corrected chi connectivity index (χ1v) is 11.7. The molecule has 33 heavy (non-hydrogen) atoms. The van der Waals surface area contributed by atoms with E-state index in [0.717, 1.165) is 13.0 Å². The van der Waals surface area contributed by atoms with Crippen molar-refractivity contribution in [2.24, 2.45) is 22.7 Å². The molecule has 0 aromatic heterocycles. The standard InChI is InChI=1S/C23H27BrF2O7/c1-10(27)33-9-19(31)23(32)17(29)6-11-12-4-15(25)13-5-16(28)14(24)7-20(13,2)22(12,26)18(30)8-21(11,23)3/h5,7,11-12,15,17-18,29-30,32H,4,6,8-9H2,1-3H3/t11-,12-,15?,17?,18?,20-,21-,22-,23-/m0/s1. The largest absolute Gasteiger partial charge is 0.458 e. The molecule has 0 heterocycles. The number of fused-ring (bicyclic) bond motifs is 5. The lowest BCUT2D eigenvalue weighted by Gasteiger charge is -2.62. The molecule has 182 valence electrons. The first-order valence-electron chi connectivity index (χ1n) is 10.9. The van der Waals surface area contributed by atoms with Crippen LogP contribution in [0.1, 0.15) is 40.0 Å². The second-order valence-corrected chi connectivity index (χ2v) is 11.1. The van der Waals surface area contributed by atoms with Crippen molar-refractivity contribution >= 4 is 33.5 Å². The van der Waals surface area contributed by atoms with Gasteiger partial charge in [-0.1, -0.05) is 13.0 Å². The molecule has 0 radical (unpaired) electrons. The van der Waals surface area contributed by atoms with Crippen molar-refractivity contribution in [3.8, 4) is 0 Å². The number of aliphatic hydroxyl groups excluding tert-OH is 2. The van der Waals surface area contributed by atoms with E-state index in [4.69, 9.17) is 4.74 Å². The molecule has 4 rings (SSSR count). The van der Waals surface area contributed by atoms with Gasteiger partial charge in [0.05, 0.1) is 16.7 Å². The second-order valence-electron chi connectivity index (χ2n) is 10.2. The number of carbonyl (C=O) groups is 3. The van der Waals surface area contributed by atoms with Gasteiger partial charge in [0.15, 0.2) is 23.7 Å². The number of allylic oxidation sites excluding steroid dienone is 4. The van der Waals surface area contributed by atoms with Crippen LogP contribution >= 0.6 is 15.9 Å². The summed E-state index contributed by atoms with van der Waals surface area (Å²) in [4.78, 5) is 36.2. The highest BCUT2D eigenvalue weighted by atomic mass is 79.9. The van der Waals surface area contributed by atoms with E-state index in [1.165, 1.54) is 19.9 Å². The van der Waals surface area contributed by atoms with E-state index >= 15 is 8.78 Å². The third-order valence-electron chi connectivity index (χ3n) is 8.74. The van der Waals surface area contributed by atoms with Crippen LogP contribution < -0.4 is 0 Å². The predicted octanol–water partition coefficient (Wildman–Crippen LogP) is 1.86. The number of rotatable bonds is 3. The first-order chi connectivity index (χ1) is 15.1. The minimum Gasteiger partial charge on any atom is -0.458 e. The van der Waals surface area contributed by atoms with Gasteiger partial charge in [0.2, 0.25) is 5.78 Å². The summed E-state index contributed by atoms with van der Waals surface area (Å²) in [5, 5.41) is 33.4. The average Bonchev–Trinajstić information content (AvgIpc) is 2.92. The maximum absolute atomic E-state index is 17.1. The smallest absolute Gasteiger partial charge is 0.303 e. The maximum atomic E-state index is 17.1. The molecule has 4 aliphatic rings. The molecule has 0 spiro atoms. The van der Waals surface area contributed by atoms with Crippen LogP contribution in [0.25, 0.3) is 0 Å². The summed E-state index contributed by atoms with van der Waals surface area (Å²) in [6.07, 6.45) is -3.68. The number of carbonyl (C=O) groups excluding carboxylic acids is 3. The van der Waals surface area contributed by atoms with Gasteiger partial charge in [-0.15, -0.1) is 0 Å². The molecule has 9 atom stereocenters. The van der Waals surface area contributed by atoms with Gasteiger partial charge in [0, 0.05) is 23.7 Å². The minimum atomic E-state index is -2.42. The Morgan fingerprint density at radius 2 is 1.85 bits per heavy atom. The number of esters is 1. The lowest BCUT2D eigenvalue weighted by molar-refractivity contribution is -0.226. The van der Waals surface area contributed by atoms with Crippen LogP contribution in [0.2, 0.25) is 0 Å². The summed E-state index contributed by atoms with van der Waals surface area (Å²) in [7, 11) is 0. The van der Waals surface area contributed by atoms with Gasteiger partial charge in [0.25, 0.3) is 0 Å². The number of Topliss-reactive ketones (excluding diaryl/α,β-unsaturated/α-hetero) is 1. The van der Waals surface area contributed by atoms with E-state index in [1.54, 1.807) is 0 Å². The van der Waals surface area contributed by atoms with Gasteiger partial charge in [-0.2, -0.15) is 0 Å². The summed E-state index contributed by atoms with van der Waals surface area (Å²) in [6, 6.07) is 0. The van der Waals surface area contributed by atoms with E-state index in [2.05, 4.69) is 15.9 Å². The molecule has 0 aliphatic heterocycles. The van der Waals surface area contributed by atoms with Gasteiger partial charge in [-0.05, 0) is 59.7 Å². The molecule has 0 bridgehead atoms. The fraction of sp³-hybridized carbons (Fsp3) is 0.696. The Kier molecular flexibility index (Phi) is 5.60. The van der Waals surface area contributed by atoms with Gasteiger partial charge in [0.1, 0.15) is 6.17 Å². The zero-order valence-electron chi connectivity index (χ0n) is 18.5. The first kappa shape index (κ1) is 24.6. The zero-order valence-corrected chi connectivity index (χ0v) is 20.1. The van der Waals surface area contributed by atoms with Crippen LogP contribution in [0.3, 0.4) is 0 Å². The van der Waals surface area contributed by atoms with Crippen molar-refractivity contribution in [2.45, 2.75) is 69.7 Å². The second kappa shape index (κ2) is 7.50. The molecule has 3 unspecified atom stereocenters. The third kappa shape index (κ3) is 2.96. The van der Waals surface area contributed by atoms with Crippen molar-refractivity contribution in [3.63, 3.8) is 0 Å². The molecule has 0 aromatic carbocycles. The zero-order chi connectivity index (χ0) is 24.7. The number of aliphatic hydroxyl groups is 3. The normalized spacial score (nSPS) is 48.8. The Morgan fingerprint density at radius 3 is 2.45 bits per heavy atom. The van der Waals surface area contributed by atoms with E-state index in [-0.39, 0.29) is 22.9 Å². The van der Waals surface area contributed by atoms with Gasteiger partial charge in [-0.3, -0.25) is 14.4 Å². The third-order valence-corrected chi connectivity index (χ3v) is 9.36. The molecule has 10 heteroatoms. The summed E-state index contributed by atoms with van der Waals surface area (Å²) >= 11 is 3.10. The van der Waals surface area contributed by atoms with Crippen LogP contribution in [-0.4, -0.2) is 69.1 Å². The van der Waals surface area contributed by atoms with Gasteiger partial charge < -0.3 is 20.1 Å². The van der Waals surface area contributed by atoms with Crippen molar-refractivity contribution < 1.29 is 43.2 Å². The lowest BCUT2D eigenvalue weighted by atomic mass is 9.44. The highest BCUT2D eigenvalue weighted by Crippen LogP contribution is 2.70. The molecule has 3 saturated carbocycles. The van der Waals surface area contributed by atoms with E-state index < -0.39 is 82.9 Å². The number of halogens is 3. The fourth-order valence-corrected chi connectivity index (χ4v) is 7.63. The minimum absolute atomic E-state index is 0.0543. The number of hydrogen-bond donors (Lipinski definition) is 3. The number of alkyl halides is 2. The molecule has 0 aromatic rings. The molecule has 7 nitrogen and oxygen atoms in total. The Balaban J connectivity index is 1.81. The Hall–Kier alpha value is -1.49. The molecular formula is C23H27BrF2O7. The molecule has 4 aliphatic carbocycles. The quantitative estimate of drug-likeness (QED) is 0.474. The van der Waals surface area contributed by atoms with Crippen LogP contribution in [0, 0.1) is 22.7 Å². The average molecular weight is 533 g/mol. The summed E-state index contributed by atoms with van der Waals surface area (Å²) < 4.78 is 37.3. The van der Waals surface area contributed by atoms with Crippen LogP contribution in [0.5, 0.6) is 0 Å². The van der Waals surface area contributed by atoms with E-state index in [9.17, 15) is 29.7 Å². The number of ether oxygens (including phenoxy) is 1. The summed E-state index contributed by atoms with van der Waals surface area (Å²) in [6.45, 7) is 3.20. The molecule has 3 N–H and O–H groups in total. The van der Waals surface area contributed by atoms with E-state index in [1.807, 2.05) is 0 Å². The van der Waals surface area contributed by atoms with Crippen molar-refractivity contribution in [1.29, 1.82) is 0 Å². The Labute approximate surface area is 198 Å². The van der Waals surface area contributed by atoms with Crippen LogP contribution in [0.4, 0.5) is 8.78 Å². The summed E-state index contributed by atoms with van der Waals surface area (Å²) in [5.74, 6) is -4.24. The van der Waals surface area contributed by atoms with Crippen LogP contribution in [-0.2, 0) is 19.1 Å². The predicted molar refractivity (Wildman–Crippen MR) is 114 cm³/mol. The molecular weight excluding hydrogens is 506 g/mol. The fourth-order valence-electron chi connectivity index (χ4n) is 7.05. The number of hydrogen-bond acceptors (Lipinski definition) is 7. The maximum Gasteiger partial charge on any atom is 0.303 e. The number of ketones is 2. The highest BCUT2D eigenvalue weighted by Gasteiger charge is 2.77. The Bertz CT molecular complexity index is 997. The van der Waals surface area contributed by atoms with Crippen molar-refractivity contribution in [1.82, 2.24) is 0 Å². The monoisotopic (exact) mass is 532 g/mol. The summed E-state index contributed by atoms with van der Waals surface area (Å²) in [5.41, 5.74) is -8.06. The topological polar surface area (TPSA) is 121 Å². The molecule has 3 fully saturated rings. The van der Waals surface area contributed by atoms with Gasteiger partial charge >= 0.3 is 5.97 Å².